The van der Waals surface area contributed by atoms with Crippen LogP contribution in [0, 0.1) is 0 Å². The monoisotopic (exact) mass is 595 g/mol. The maximum Gasteiger partial charge on any atom is 0.341 e. The molecule has 228 valence electrons. The van der Waals surface area contributed by atoms with Gasteiger partial charge in [0, 0.05) is 31.0 Å². The number of fused-ring (bicyclic) bond motifs is 2. The molecule has 1 N–H and O–H groups in total. The van der Waals surface area contributed by atoms with Gasteiger partial charge in [-0.05, 0) is 67.7 Å². The van der Waals surface area contributed by atoms with Crippen LogP contribution in [0.2, 0.25) is 0 Å². The lowest BCUT2D eigenvalue weighted by Gasteiger charge is -1.98. The van der Waals surface area contributed by atoms with E-state index in [1.54, 1.807) is 28.7 Å². The third-order valence-corrected chi connectivity index (χ3v) is 7.69. The van der Waals surface area contributed by atoms with Crippen LogP contribution < -0.4 is 0 Å². The summed E-state index contributed by atoms with van der Waals surface area (Å²) in [6, 6.07) is 8.46. The Morgan fingerprint density at radius 1 is 0.818 bits per heavy atom. The maximum absolute atomic E-state index is 11.7. The Kier molecular flexibility index (Phi) is 8.25. The van der Waals surface area contributed by atoms with Crippen LogP contribution in [-0.2, 0) is 24.4 Å². The standard InChI is InChI=1S/C17H18N4O2.C14H15N5O.CH4/c1-2-23-17(22)14-7-18-21(9-14)11-15-10-20-8-13(12-3-4-12)5-6-16(20)19-15;20-9-13-8-19(17-16-13)7-12-6-18-5-11(10-1-2-10)3-4-14(18)15-12;/h5-10,12H,2-4,11H2,1H3;3-6,8,10,20H,1-2,7,9H2;1H4. The normalized spacial score (nSPS) is 14.3. The predicted molar refractivity (Wildman–Crippen MR) is 163 cm³/mol. The molecule has 0 atom stereocenters. The molecule has 0 bridgehead atoms. The number of hydrogen-bond acceptors (Lipinski definition) is 8. The Hall–Kier alpha value is -4.84. The van der Waals surface area contributed by atoms with Gasteiger partial charge in [-0.1, -0.05) is 24.8 Å². The number of nitrogens with zero attached hydrogens (tertiary/aromatic N) is 9. The summed E-state index contributed by atoms with van der Waals surface area (Å²) < 4.78 is 12.5. The van der Waals surface area contributed by atoms with Crippen molar-refractivity contribution in [2.24, 2.45) is 0 Å². The number of hydrogen-bond donors (Lipinski definition) is 1. The van der Waals surface area contributed by atoms with Gasteiger partial charge in [0.05, 0.1) is 55.6 Å². The number of carbonyl (C=O) groups is 1. The summed E-state index contributed by atoms with van der Waals surface area (Å²) in [6.07, 6.45) is 18.5. The maximum atomic E-state index is 11.7. The second kappa shape index (κ2) is 12.4. The summed E-state index contributed by atoms with van der Waals surface area (Å²) >= 11 is 0. The summed E-state index contributed by atoms with van der Waals surface area (Å²) in [5.74, 6) is 1.12. The first kappa shape index (κ1) is 29.2. The van der Waals surface area contributed by atoms with Crippen molar-refractivity contribution in [1.29, 1.82) is 0 Å². The van der Waals surface area contributed by atoms with Crippen LogP contribution >= 0.6 is 0 Å². The Morgan fingerprint density at radius 2 is 1.41 bits per heavy atom. The second-order valence-electron chi connectivity index (χ2n) is 11.2. The summed E-state index contributed by atoms with van der Waals surface area (Å²) in [5, 5.41) is 21.0. The molecule has 6 aromatic rings. The number of esters is 1. The molecule has 0 aliphatic heterocycles. The minimum Gasteiger partial charge on any atom is -0.462 e. The van der Waals surface area contributed by atoms with E-state index < -0.39 is 0 Å². The highest BCUT2D eigenvalue weighted by atomic mass is 16.5. The van der Waals surface area contributed by atoms with Crippen molar-refractivity contribution in [1.82, 2.24) is 43.5 Å². The second-order valence-corrected chi connectivity index (χ2v) is 11.2. The fraction of sp³-hybridized carbons (Fsp3) is 0.375. The van der Waals surface area contributed by atoms with Crippen LogP contribution in [0.1, 0.15) is 90.4 Å². The SMILES string of the molecule is C.CCOC(=O)c1cnn(Cc2cn3cc(C4CC4)ccc3n2)c1.OCc1cn(Cc2cn3cc(C4CC4)ccc3n2)nn1. The molecule has 12 heteroatoms. The highest BCUT2D eigenvalue weighted by Gasteiger charge is 2.24. The number of pyridine rings is 2. The number of aliphatic hydroxyl groups is 1. The highest BCUT2D eigenvalue weighted by molar-refractivity contribution is 5.88. The van der Waals surface area contributed by atoms with Gasteiger partial charge in [-0.25, -0.2) is 19.4 Å². The van der Waals surface area contributed by atoms with Crippen LogP contribution in [0.4, 0.5) is 0 Å². The van der Waals surface area contributed by atoms with E-state index in [-0.39, 0.29) is 20.0 Å². The molecular weight excluding hydrogens is 558 g/mol. The molecule has 2 aliphatic carbocycles. The molecule has 2 fully saturated rings. The fourth-order valence-corrected chi connectivity index (χ4v) is 5.18. The molecular formula is C32H37N9O3. The fourth-order valence-electron chi connectivity index (χ4n) is 5.18. The molecule has 6 aromatic heterocycles. The Bertz CT molecular complexity index is 1890. The molecule has 2 aliphatic rings. The molecule has 0 aromatic carbocycles. The zero-order valence-electron chi connectivity index (χ0n) is 24.0. The van der Waals surface area contributed by atoms with Gasteiger partial charge in [-0.2, -0.15) is 5.10 Å². The van der Waals surface area contributed by atoms with Crippen LogP contribution in [0.15, 0.2) is 67.6 Å². The quantitative estimate of drug-likeness (QED) is 0.240. The lowest BCUT2D eigenvalue weighted by Crippen LogP contribution is -2.04. The molecule has 0 saturated heterocycles. The minimum atomic E-state index is -0.345. The smallest absolute Gasteiger partial charge is 0.341 e. The van der Waals surface area contributed by atoms with Gasteiger partial charge in [-0.15, -0.1) is 5.10 Å². The largest absolute Gasteiger partial charge is 0.462 e. The number of ether oxygens (including phenoxy) is 1. The molecule has 2 saturated carbocycles. The van der Waals surface area contributed by atoms with E-state index >= 15 is 0 Å². The number of carbonyl (C=O) groups excluding carboxylic acids is 1. The first-order chi connectivity index (χ1) is 21.0. The van der Waals surface area contributed by atoms with Crippen molar-refractivity contribution in [2.75, 3.05) is 6.61 Å². The van der Waals surface area contributed by atoms with Crippen molar-refractivity contribution in [2.45, 2.75) is 71.6 Å². The van der Waals surface area contributed by atoms with E-state index in [1.807, 2.05) is 12.4 Å². The highest BCUT2D eigenvalue weighted by Crippen LogP contribution is 2.40. The summed E-state index contributed by atoms with van der Waals surface area (Å²) in [5.41, 5.74) is 7.55. The average Bonchev–Trinajstić information content (AvgIpc) is 3.85. The van der Waals surface area contributed by atoms with Crippen LogP contribution in [0.3, 0.4) is 0 Å². The van der Waals surface area contributed by atoms with E-state index in [9.17, 15) is 4.79 Å². The summed E-state index contributed by atoms with van der Waals surface area (Å²) in [6.45, 7) is 3.15. The lowest BCUT2D eigenvalue weighted by molar-refractivity contribution is 0.0526. The van der Waals surface area contributed by atoms with Crippen molar-refractivity contribution < 1.29 is 14.6 Å². The van der Waals surface area contributed by atoms with Gasteiger partial charge < -0.3 is 18.6 Å². The van der Waals surface area contributed by atoms with Crippen LogP contribution in [0.25, 0.3) is 11.3 Å². The van der Waals surface area contributed by atoms with Gasteiger partial charge in [0.25, 0.3) is 0 Å². The Balaban J connectivity index is 0.000000154. The molecule has 8 rings (SSSR count). The van der Waals surface area contributed by atoms with Gasteiger partial charge >= 0.3 is 5.97 Å². The van der Waals surface area contributed by atoms with E-state index in [4.69, 9.17) is 9.84 Å². The molecule has 0 amide bonds. The van der Waals surface area contributed by atoms with Gasteiger partial charge in [0.15, 0.2) is 0 Å². The van der Waals surface area contributed by atoms with Crippen molar-refractivity contribution >= 4 is 17.3 Å². The van der Waals surface area contributed by atoms with Gasteiger partial charge in [0.1, 0.15) is 17.0 Å². The molecule has 0 spiro atoms. The predicted octanol–water partition coefficient (Wildman–Crippen LogP) is 4.61. The van der Waals surface area contributed by atoms with Crippen molar-refractivity contribution in [3.63, 3.8) is 0 Å². The zero-order valence-corrected chi connectivity index (χ0v) is 24.0. The van der Waals surface area contributed by atoms with Crippen LogP contribution in [-0.4, -0.2) is 61.2 Å². The molecule has 0 unspecified atom stereocenters. The van der Waals surface area contributed by atoms with Gasteiger partial charge in [0.2, 0.25) is 0 Å². The number of imidazole rings is 2. The van der Waals surface area contributed by atoms with E-state index in [0.717, 1.165) is 34.5 Å². The molecule has 12 nitrogen and oxygen atoms in total. The number of rotatable bonds is 9. The first-order valence-corrected chi connectivity index (χ1v) is 14.7. The Labute approximate surface area is 254 Å². The topological polar surface area (TPSA) is 130 Å². The van der Waals surface area contributed by atoms with Crippen molar-refractivity contribution in [3.05, 3.63) is 101 Å². The van der Waals surface area contributed by atoms with E-state index in [1.165, 1.54) is 43.0 Å². The third-order valence-electron chi connectivity index (χ3n) is 7.69. The van der Waals surface area contributed by atoms with Crippen LogP contribution in [0.5, 0.6) is 0 Å². The molecule has 6 heterocycles. The summed E-state index contributed by atoms with van der Waals surface area (Å²) in [4.78, 5) is 20.8. The van der Waals surface area contributed by atoms with Gasteiger partial charge in [-0.3, -0.25) is 4.68 Å². The number of aromatic nitrogens is 9. The zero-order chi connectivity index (χ0) is 29.3. The minimum absolute atomic E-state index is 0. The van der Waals surface area contributed by atoms with E-state index in [0.29, 0.717) is 31.0 Å². The summed E-state index contributed by atoms with van der Waals surface area (Å²) in [7, 11) is 0. The molecule has 0 radical (unpaired) electrons. The number of aliphatic hydroxyl groups excluding tert-OH is 1. The Morgan fingerprint density at radius 3 is 1.93 bits per heavy atom. The lowest BCUT2D eigenvalue weighted by atomic mass is 10.2. The van der Waals surface area contributed by atoms with Crippen molar-refractivity contribution in [3.8, 4) is 0 Å². The first-order valence-electron chi connectivity index (χ1n) is 14.7. The average molecular weight is 596 g/mol. The third kappa shape index (κ3) is 6.55. The van der Waals surface area contributed by atoms with E-state index in [2.05, 4.69) is 70.8 Å². The molecule has 44 heavy (non-hydrogen) atoms.